The Kier molecular flexibility index (Phi) is 7.99. The predicted molar refractivity (Wildman–Crippen MR) is 142 cm³/mol. The van der Waals surface area contributed by atoms with Crippen molar-refractivity contribution in [2.75, 3.05) is 6.61 Å². The van der Waals surface area contributed by atoms with E-state index in [0.717, 1.165) is 34.6 Å². The number of carbonyl (C=O) groups is 1. The first kappa shape index (κ1) is 24.3. The predicted octanol–water partition coefficient (Wildman–Crippen LogP) is 6.52. The molecule has 5 heteroatoms. The van der Waals surface area contributed by atoms with Gasteiger partial charge in [0.2, 0.25) is 5.91 Å². The highest BCUT2D eigenvalue weighted by Gasteiger charge is 2.17. The molecule has 0 saturated carbocycles. The molecule has 1 amide bonds. The van der Waals surface area contributed by atoms with Gasteiger partial charge in [-0.3, -0.25) is 4.79 Å². The maximum atomic E-state index is 12.6. The van der Waals surface area contributed by atoms with E-state index in [0.29, 0.717) is 19.1 Å². The summed E-state index contributed by atoms with van der Waals surface area (Å²) >= 11 is 0. The Morgan fingerprint density at radius 2 is 1.71 bits per heavy atom. The van der Waals surface area contributed by atoms with Gasteiger partial charge in [-0.05, 0) is 60.7 Å². The topological polar surface area (TPSA) is 56.1 Å². The van der Waals surface area contributed by atoms with Gasteiger partial charge in [0.25, 0.3) is 0 Å². The van der Waals surface area contributed by atoms with Crippen molar-refractivity contribution in [2.24, 2.45) is 0 Å². The van der Waals surface area contributed by atoms with Crippen LogP contribution in [0, 0.1) is 0 Å². The Morgan fingerprint density at radius 1 is 1.00 bits per heavy atom. The van der Waals surface area contributed by atoms with Crippen LogP contribution in [0.1, 0.15) is 56.1 Å². The summed E-state index contributed by atoms with van der Waals surface area (Å²) in [5.41, 5.74) is 4.24. The third-order valence-electron chi connectivity index (χ3n) is 6.30. The maximum Gasteiger partial charge on any atom is 0.244 e. The third-order valence-corrected chi connectivity index (χ3v) is 6.30. The fourth-order valence-electron chi connectivity index (χ4n) is 4.10. The van der Waals surface area contributed by atoms with E-state index in [2.05, 4.69) is 41.9 Å². The van der Waals surface area contributed by atoms with Gasteiger partial charge in [-0.1, -0.05) is 68.4 Å². The zero-order valence-electron chi connectivity index (χ0n) is 20.6. The van der Waals surface area contributed by atoms with Crippen molar-refractivity contribution in [3.05, 3.63) is 102 Å². The Hall–Kier alpha value is -3.86. The van der Waals surface area contributed by atoms with E-state index in [9.17, 15) is 4.79 Å². The van der Waals surface area contributed by atoms with Gasteiger partial charge in [-0.25, -0.2) is 4.98 Å². The second kappa shape index (κ2) is 11.5. The molecule has 1 N–H and O–H groups in total. The zero-order valence-corrected chi connectivity index (χ0v) is 20.6. The highest BCUT2D eigenvalue weighted by molar-refractivity contribution is 5.92. The van der Waals surface area contributed by atoms with E-state index in [4.69, 9.17) is 9.72 Å². The van der Waals surface area contributed by atoms with Crippen molar-refractivity contribution in [1.29, 1.82) is 0 Å². The maximum absolute atomic E-state index is 12.6. The average Bonchev–Trinajstić information content (AvgIpc) is 3.27. The molecular formula is C30H33N3O2. The summed E-state index contributed by atoms with van der Waals surface area (Å²) in [4.78, 5) is 17.4. The molecule has 0 aliphatic rings. The minimum Gasteiger partial charge on any atom is -0.492 e. The molecule has 4 rings (SSSR count). The zero-order chi connectivity index (χ0) is 24.6. The molecule has 4 aromatic rings. The van der Waals surface area contributed by atoms with E-state index in [1.165, 1.54) is 5.56 Å². The van der Waals surface area contributed by atoms with Crippen LogP contribution in [0.5, 0.6) is 5.75 Å². The molecule has 0 aliphatic carbocycles. The van der Waals surface area contributed by atoms with Gasteiger partial charge in [0.15, 0.2) is 0 Å². The van der Waals surface area contributed by atoms with Crippen LogP contribution in [-0.2, 0) is 11.3 Å². The lowest BCUT2D eigenvalue weighted by molar-refractivity contribution is -0.117. The van der Waals surface area contributed by atoms with Crippen LogP contribution in [-0.4, -0.2) is 22.1 Å². The van der Waals surface area contributed by atoms with Crippen LogP contribution in [0.3, 0.4) is 0 Å². The molecule has 0 fully saturated rings. The fourth-order valence-corrected chi connectivity index (χ4v) is 4.10. The van der Waals surface area contributed by atoms with Gasteiger partial charge >= 0.3 is 0 Å². The van der Waals surface area contributed by atoms with Crippen molar-refractivity contribution < 1.29 is 9.53 Å². The number of ether oxygens (including phenoxy) is 1. The van der Waals surface area contributed by atoms with Gasteiger partial charge in [0.05, 0.1) is 23.6 Å². The molecule has 0 spiro atoms. The summed E-state index contributed by atoms with van der Waals surface area (Å²) in [6.45, 7) is 7.53. The van der Waals surface area contributed by atoms with Crippen molar-refractivity contribution in [1.82, 2.24) is 14.9 Å². The summed E-state index contributed by atoms with van der Waals surface area (Å²) in [7, 11) is 0. The summed E-state index contributed by atoms with van der Waals surface area (Å²) in [5, 5.41) is 3.05. The highest BCUT2D eigenvalue weighted by atomic mass is 16.5. The number of benzene rings is 3. The number of rotatable bonds is 10. The number of aromatic nitrogens is 2. The Bertz CT molecular complexity index is 1280. The molecule has 35 heavy (non-hydrogen) atoms. The number of carbonyl (C=O) groups excluding carboxylic acids is 1. The first-order valence-electron chi connectivity index (χ1n) is 12.3. The Labute approximate surface area is 207 Å². The van der Waals surface area contributed by atoms with Crippen molar-refractivity contribution >= 4 is 23.0 Å². The Morgan fingerprint density at radius 3 is 2.46 bits per heavy atom. The number of amides is 1. The molecule has 1 heterocycles. The number of fused-ring (bicyclic) bond motifs is 1. The number of nitrogens with zero attached hydrogens (tertiary/aromatic N) is 2. The number of nitrogens with one attached hydrogen (secondary N) is 1. The lowest BCUT2D eigenvalue weighted by Gasteiger charge is -2.16. The average molecular weight is 468 g/mol. The molecular weight excluding hydrogens is 434 g/mol. The van der Waals surface area contributed by atoms with Gasteiger partial charge in [0, 0.05) is 6.08 Å². The number of imidazole rings is 1. The highest BCUT2D eigenvalue weighted by Crippen LogP contribution is 2.23. The van der Waals surface area contributed by atoms with Gasteiger partial charge < -0.3 is 14.6 Å². The smallest absolute Gasteiger partial charge is 0.244 e. The van der Waals surface area contributed by atoms with Crippen LogP contribution in [0.4, 0.5) is 0 Å². The molecule has 3 aromatic carbocycles. The first-order chi connectivity index (χ1) is 17.0. The molecule has 0 saturated heterocycles. The molecule has 2 atom stereocenters. The van der Waals surface area contributed by atoms with E-state index in [1.807, 2.05) is 73.7 Å². The van der Waals surface area contributed by atoms with Gasteiger partial charge in [-0.2, -0.15) is 0 Å². The quantitative estimate of drug-likeness (QED) is 0.270. The number of hydrogen-bond acceptors (Lipinski definition) is 3. The molecule has 0 bridgehead atoms. The van der Waals surface area contributed by atoms with Crippen LogP contribution >= 0.6 is 0 Å². The lowest BCUT2D eigenvalue weighted by Crippen LogP contribution is -2.27. The van der Waals surface area contributed by atoms with Gasteiger partial charge in [-0.15, -0.1) is 0 Å². The number of para-hydroxylation sites is 2. The summed E-state index contributed by atoms with van der Waals surface area (Å²) in [6.07, 6.45) is 4.49. The van der Waals surface area contributed by atoms with Crippen molar-refractivity contribution in [3.63, 3.8) is 0 Å². The molecule has 2 unspecified atom stereocenters. The summed E-state index contributed by atoms with van der Waals surface area (Å²) < 4.78 is 8.19. The standard InChI is InChI=1S/C30H33N3O2/c1-4-22(2)25-15-17-26(18-16-25)35-21-20-33-28-13-9-8-12-27(28)32-30(33)23(3)31-29(34)19-14-24-10-6-5-7-11-24/h5-19,22-23H,4,20-21H2,1-3H3,(H,31,34)/b19-14-. The van der Waals surface area contributed by atoms with E-state index >= 15 is 0 Å². The molecule has 0 radical (unpaired) electrons. The van der Waals surface area contributed by atoms with Crippen molar-refractivity contribution in [3.8, 4) is 5.75 Å². The SMILES string of the molecule is CCC(C)c1ccc(OCCn2c(C(C)NC(=O)/C=C\c3ccccc3)nc3ccccc32)cc1. The molecule has 5 nitrogen and oxygen atoms in total. The molecule has 180 valence electrons. The Balaban J connectivity index is 1.44. The minimum absolute atomic E-state index is 0.155. The summed E-state index contributed by atoms with van der Waals surface area (Å²) in [5.74, 6) is 2.06. The van der Waals surface area contributed by atoms with Gasteiger partial charge in [0.1, 0.15) is 18.2 Å². The monoisotopic (exact) mass is 467 g/mol. The second-order valence-electron chi connectivity index (χ2n) is 8.81. The first-order valence-corrected chi connectivity index (χ1v) is 12.3. The third kappa shape index (κ3) is 6.18. The largest absolute Gasteiger partial charge is 0.492 e. The summed E-state index contributed by atoms with van der Waals surface area (Å²) in [6, 6.07) is 25.9. The molecule has 0 aliphatic heterocycles. The van der Waals surface area contributed by atoms with Crippen LogP contribution in [0.2, 0.25) is 0 Å². The number of hydrogen-bond donors (Lipinski definition) is 1. The lowest BCUT2D eigenvalue weighted by atomic mass is 9.99. The van der Waals surface area contributed by atoms with Crippen LogP contribution in [0.15, 0.2) is 84.9 Å². The van der Waals surface area contributed by atoms with Crippen LogP contribution in [0.25, 0.3) is 17.1 Å². The fraction of sp³-hybridized carbons (Fsp3) is 0.267. The van der Waals surface area contributed by atoms with E-state index in [-0.39, 0.29) is 11.9 Å². The van der Waals surface area contributed by atoms with Crippen molar-refractivity contribution in [2.45, 2.75) is 45.7 Å². The molecule has 1 aromatic heterocycles. The minimum atomic E-state index is -0.259. The normalized spacial score (nSPS) is 13.1. The second-order valence-corrected chi connectivity index (χ2v) is 8.81. The van der Waals surface area contributed by atoms with Crippen LogP contribution < -0.4 is 10.1 Å². The van der Waals surface area contributed by atoms with E-state index < -0.39 is 0 Å². The van der Waals surface area contributed by atoms with E-state index in [1.54, 1.807) is 6.08 Å².